The highest BCUT2D eigenvalue weighted by atomic mass is 16.2. The fourth-order valence-electron chi connectivity index (χ4n) is 4.36. The van der Waals surface area contributed by atoms with Crippen LogP contribution in [0.5, 0.6) is 0 Å². The lowest BCUT2D eigenvalue weighted by Gasteiger charge is -2.17. The Morgan fingerprint density at radius 3 is 2.12 bits per heavy atom. The van der Waals surface area contributed by atoms with E-state index in [4.69, 9.17) is 0 Å². The molecule has 1 aromatic carbocycles. The first-order valence-corrected chi connectivity index (χ1v) is 8.45. The first-order chi connectivity index (χ1) is 12.6. The Balaban J connectivity index is 1.37. The van der Waals surface area contributed by atoms with Gasteiger partial charge in [-0.2, -0.15) is 0 Å². The number of hydrogen-bond acceptors (Lipinski definition) is 5. The van der Waals surface area contributed by atoms with Crippen molar-refractivity contribution in [1.29, 1.82) is 0 Å². The van der Waals surface area contributed by atoms with Crippen LogP contribution >= 0.6 is 0 Å². The minimum atomic E-state index is -0.338. The van der Waals surface area contributed by atoms with Crippen molar-refractivity contribution < 1.29 is 14.4 Å². The predicted molar refractivity (Wildman–Crippen MR) is 90.4 cm³/mol. The van der Waals surface area contributed by atoms with Gasteiger partial charge in [0.05, 0.1) is 17.5 Å². The van der Waals surface area contributed by atoms with Crippen LogP contribution in [0.2, 0.25) is 0 Å². The number of benzene rings is 1. The van der Waals surface area contributed by atoms with Crippen molar-refractivity contribution in [1.82, 2.24) is 14.9 Å². The molecule has 130 valence electrons. The average Bonchev–Trinajstić information content (AvgIpc) is 3.41. The highest BCUT2D eigenvalue weighted by molar-refractivity contribution is 6.22. The molecule has 1 aliphatic heterocycles. The summed E-state index contributed by atoms with van der Waals surface area (Å²) < 4.78 is 1.34. The molecule has 0 spiro atoms. The molecule has 0 unspecified atom stereocenters. The summed E-state index contributed by atoms with van der Waals surface area (Å²) in [5, 5.41) is 7.22. The van der Waals surface area contributed by atoms with E-state index in [0.29, 0.717) is 11.3 Å². The minimum Gasteiger partial charge on any atom is -0.274 e. The zero-order chi connectivity index (χ0) is 17.8. The monoisotopic (exact) mass is 349 g/mol. The largest absolute Gasteiger partial charge is 0.274 e. The van der Waals surface area contributed by atoms with Gasteiger partial charge in [-0.25, -0.2) is 4.68 Å². The number of rotatable bonds is 3. The average molecular weight is 349 g/mol. The van der Waals surface area contributed by atoms with Crippen molar-refractivity contribution in [3.8, 4) is 0 Å². The summed E-state index contributed by atoms with van der Waals surface area (Å²) in [4.78, 5) is 39.1. The maximum atomic E-state index is 12.8. The van der Waals surface area contributed by atoms with Gasteiger partial charge in [0.25, 0.3) is 5.91 Å². The molecule has 0 radical (unpaired) electrons. The van der Waals surface area contributed by atoms with Crippen molar-refractivity contribution in [3.63, 3.8) is 0 Å². The summed E-state index contributed by atoms with van der Waals surface area (Å²) in [6.07, 6.45) is 7.78. The van der Waals surface area contributed by atoms with Gasteiger partial charge in [0, 0.05) is 5.56 Å². The van der Waals surface area contributed by atoms with E-state index in [1.807, 2.05) is 0 Å². The van der Waals surface area contributed by atoms with Gasteiger partial charge in [-0.3, -0.25) is 24.7 Å². The SMILES string of the molecule is O=C(Nn1cnnc1)c1ccc(N2C(=O)[C@H]3[C@H](C2=O)[C@H]2C=C[C@@H]3C2)cc1. The van der Waals surface area contributed by atoms with E-state index < -0.39 is 0 Å². The van der Waals surface area contributed by atoms with Crippen molar-refractivity contribution in [2.45, 2.75) is 6.42 Å². The third-order valence-electron chi connectivity index (χ3n) is 5.51. The third-order valence-corrected chi connectivity index (χ3v) is 5.51. The molecule has 8 heteroatoms. The number of anilines is 1. The second-order valence-corrected chi connectivity index (χ2v) is 6.87. The molecule has 5 rings (SSSR count). The van der Waals surface area contributed by atoms with Gasteiger partial charge in [0.2, 0.25) is 11.8 Å². The number of nitrogens with one attached hydrogen (secondary N) is 1. The van der Waals surface area contributed by atoms with Gasteiger partial charge in [0.15, 0.2) is 0 Å². The third kappa shape index (κ3) is 2.05. The fraction of sp³-hybridized carbons (Fsp3) is 0.278. The molecule has 2 aliphatic carbocycles. The molecule has 1 N–H and O–H groups in total. The van der Waals surface area contributed by atoms with Crippen molar-refractivity contribution in [2.24, 2.45) is 23.7 Å². The van der Waals surface area contributed by atoms with Gasteiger partial charge >= 0.3 is 0 Å². The molecule has 1 saturated heterocycles. The van der Waals surface area contributed by atoms with Crippen LogP contribution in [-0.4, -0.2) is 32.6 Å². The lowest BCUT2D eigenvalue weighted by molar-refractivity contribution is -0.123. The lowest BCUT2D eigenvalue weighted by Crippen LogP contribution is -2.32. The standard InChI is InChI=1S/C18H15N5O3/c24-16(21-22-8-19-20-9-22)10-3-5-13(6-4-10)23-17(25)14-11-1-2-12(7-11)15(14)18(23)26/h1-6,8-9,11-12,14-15H,7H2,(H,21,24)/t11-,12+,14-,15-/m1/s1. The number of nitrogens with zero attached hydrogens (tertiary/aromatic N) is 4. The lowest BCUT2D eigenvalue weighted by atomic mass is 9.85. The number of fused-ring (bicyclic) bond motifs is 5. The van der Waals surface area contributed by atoms with E-state index in [-0.39, 0.29) is 41.4 Å². The molecule has 3 amide bonds. The second-order valence-electron chi connectivity index (χ2n) is 6.87. The number of aromatic nitrogens is 3. The molecule has 1 aromatic heterocycles. The number of carbonyl (C=O) groups is 3. The fourth-order valence-corrected chi connectivity index (χ4v) is 4.36. The molecular weight excluding hydrogens is 334 g/mol. The summed E-state index contributed by atoms with van der Waals surface area (Å²) in [6.45, 7) is 0. The number of imide groups is 1. The summed E-state index contributed by atoms with van der Waals surface area (Å²) in [5.41, 5.74) is 3.51. The van der Waals surface area contributed by atoms with E-state index >= 15 is 0 Å². The number of carbonyl (C=O) groups excluding carboxylic acids is 3. The highest BCUT2D eigenvalue weighted by Gasteiger charge is 2.59. The van der Waals surface area contributed by atoms with Crippen LogP contribution in [0.25, 0.3) is 0 Å². The summed E-state index contributed by atoms with van der Waals surface area (Å²) in [6, 6.07) is 6.45. The van der Waals surface area contributed by atoms with Crippen molar-refractivity contribution >= 4 is 23.4 Å². The van der Waals surface area contributed by atoms with Crippen LogP contribution in [0.4, 0.5) is 5.69 Å². The topological polar surface area (TPSA) is 97.2 Å². The van der Waals surface area contributed by atoms with Crippen LogP contribution in [0, 0.1) is 23.7 Å². The normalized spacial score (nSPS) is 28.7. The number of amides is 3. The van der Waals surface area contributed by atoms with Gasteiger partial charge in [-0.05, 0) is 42.5 Å². The van der Waals surface area contributed by atoms with Gasteiger partial charge in [-0.1, -0.05) is 12.2 Å². The number of hydrogen-bond donors (Lipinski definition) is 1. The molecular formula is C18H15N5O3. The first-order valence-electron chi connectivity index (χ1n) is 8.45. The van der Waals surface area contributed by atoms with Crippen LogP contribution in [0.3, 0.4) is 0 Å². The van der Waals surface area contributed by atoms with Crippen LogP contribution in [-0.2, 0) is 9.59 Å². The smallest absolute Gasteiger partial charge is 0.270 e. The van der Waals surface area contributed by atoms with Crippen molar-refractivity contribution in [3.05, 3.63) is 54.6 Å². The molecule has 26 heavy (non-hydrogen) atoms. The Morgan fingerprint density at radius 1 is 0.962 bits per heavy atom. The van der Waals surface area contributed by atoms with Crippen LogP contribution < -0.4 is 10.3 Å². The van der Waals surface area contributed by atoms with Gasteiger partial charge in [0.1, 0.15) is 12.7 Å². The summed E-state index contributed by atoms with van der Waals surface area (Å²) >= 11 is 0. The van der Waals surface area contributed by atoms with Crippen molar-refractivity contribution in [2.75, 3.05) is 10.3 Å². The van der Waals surface area contributed by atoms with E-state index in [9.17, 15) is 14.4 Å². The molecule has 2 heterocycles. The van der Waals surface area contributed by atoms with Gasteiger partial charge < -0.3 is 0 Å². The van der Waals surface area contributed by atoms with E-state index in [0.717, 1.165) is 6.42 Å². The van der Waals surface area contributed by atoms with Crippen LogP contribution in [0.1, 0.15) is 16.8 Å². The second kappa shape index (κ2) is 5.35. The predicted octanol–water partition coefficient (Wildman–Crippen LogP) is 0.973. The Kier molecular flexibility index (Phi) is 3.09. The molecule has 2 bridgehead atoms. The molecule has 4 atom stereocenters. The Bertz CT molecular complexity index is 904. The quantitative estimate of drug-likeness (QED) is 0.658. The van der Waals surface area contributed by atoms with E-state index in [1.165, 1.54) is 22.2 Å². The highest BCUT2D eigenvalue weighted by Crippen LogP contribution is 2.53. The summed E-state index contributed by atoms with van der Waals surface area (Å²) in [7, 11) is 0. The Labute approximate surface area is 148 Å². The molecule has 8 nitrogen and oxygen atoms in total. The molecule has 3 aliphatic rings. The minimum absolute atomic E-state index is 0.126. The van der Waals surface area contributed by atoms with Crippen LogP contribution in [0.15, 0.2) is 49.1 Å². The molecule has 2 aromatic rings. The first kappa shape index (κ1) is 15.0. The Morgan fingerprint density at radius 2 is 1.54 bits per heavy atom. The molecule has 2 fully saturated rings. The van der Waals surface area contributed by atoms with E-state index in [1.54, 1.807) is 24.3 Å². The maximum Gasteiger partial charge on any atom is 0.270 e. The van der Waals surface area contributed by atoms with Gasteiger partial charge in [-0.15, -0.1) is 10.2 Å². The maximum absolute atomic E-state index is 12.8. The zero-order valence-corrected chi connectivity index (χ0v) is 13.6. The summed E-state index contributed by atoms with van der Waals surface area (Å²) in [5.74, 6) is -0.685. The zero-order valence-electron chi connectivity index (χ0n) is 13.6. The Hall–Kier alpha value is -3.29. The number of allylic oxidation sites excluding steroid dienone is 2. The molecule has 1 saturated carbocycles. The van der Waals surface area contributed by atoms with E-state index in [2.05, 4.69) is 27.8 Å².